The van der Waals surface area contributed by atoms with Crippen LogP contribution >= 0.6 is 0 Å². The van der Waals surface area contributed by atoms with E-state index in [-0.39, 0.29) is 23.5 Å². The molecule has 0 aliphatic carbocycles. The molecule has 0 radical (unpaired) electrons. The number of nitrogens with one attached hydrogen (secondary N) is 2. The number of halogens is 1. The van der Waals surface area contributed by atoms with Gasteiger partial charge in [0.05, 0.1) is 30.1 Å². The molecule has 0 bridgehead atoms. The molecule has 2 N–H and O–H groups in total. The normalized spacial score (nSPS) is 11.2. The van der Waals surface area contributed by atoms with Crippen molar-refractivity contribution >= 4 is 23.5 Å². The Balaban J connectivity index is 1.85. The average Bonchev–Trinajstić information content (AvgIpc) is 3.14. The fourth-order valence-corrected chi connectivity index (χ4v) is 3.00. The highest BCUT2D eigenvalue weighted by Crippen LogP contribution is 2.27. The summed E-state index contributed by atoms with van der Waals surface area (Å²) < 4.78 is 20.5. The summed E-state index contributed by atoms with van der Waals surface area (Å²) >= 11 is 0. The number of carbonyl (C=O) groups is 2. The number of urea groups is 1. The Hall–Kier alpha value is -3.68. The molecule has 7 nitrogen and oxygen atoms in total. The lowest BCUT2D eigenvalue weighted by Crippen LogP contribution is -2.21. The summed E-state index contributed by atoms with van der Waals surface area (Å²) in [5.74, 6) is -0.382. The van der Waals surface area contributed by atoms with Gasteiger partial charge in [0.25, 0.3) is 0 Å². The predicted octanol–water partition coefficient (Wildman–Crippen LogP) is 5.06. The van der Waals surface area contributed by atoms with Crippen LogP contribution in [0.4, 0.5) is 20.7 Å². The summed E-state index contributed by atoms with van der Waals surface area (Å²) in [6.45, 7) is 8.16. The fourth-order valence-electron chi connectivity index (χ4n) is 3.00. The predicted molar refractivity (Wildman–Crippen MR) is 122 cm³/mol. The highest BCUT2D eigenvalue weighted by atomic mass is 19.1. The molecule has 0 saturated heterocycles. The second kappa shape index (κ2) is 9.64. The number of ether oxygens (including phenoxy) is 1. The summed E-state index contributed by atoms with van der Waals surface area (Å²) in [4.78, 5) is 24.2. The van der Waals surface area contributed by atoms with E-state index in [1.807, 2.05) is 45.0 Å². The van der Waals surface area contributed by atoms with Crippen LogP contribution in [0.2, 0.25) is 0 Å². The number of anilines is 2. The van der Waals surface area contributed by atoms with Crippen molar-refractivity contribution in [2.24, 2.45) is 0 Å². The number of aromatic nitrogens is 2. The molecule has 0 saturated carbocycles. The minimum atomic E-state index is -0.587. The van der Waals surface area contributed by atoms with Gasteiger partial charge in [-0.2, -0.15) is 5.10 Å². The first-order valence-electron chi connectivity index (χ1n) is 10.4. The number of para-hydroxylation sites is 1. The molecule has 3 aromatic rings. The molecular weight excluding hydrogens is 411 g/mol. The topological polar surface area (TPSA) is 85.2 Å². The first-order valence-corrected chi connectivity index (χ1v) is 10.4. The van der Waals surface area contributed by atoms with E-state index in [9.17, 15) is 14.0 Å². The maximum absolute atomic E-state index is 13.9. The van der Waals surface area contributed by atoms with Crippen molar-refractivity contribution in [1.29, 1.82) is 0 Å². The summed E-state index contributed by atoms with van der Waals surface area (Å²) in [5, 5.41) is 9.92. The summed E-state index contributed by atoms with van der Waals surface area (Å²) in [6.07, 6.45) is 0.177. The second-order valence-corrected chi connectivity index (χ2v) is 8.28. The smallest absolute Gasteiger partial charge is 0.324 e. The van der Waals surface area contributed by atoms with E-state index in [0.717, 1.165) is 11.3 Å². The average molecular weight is 439 g/mol. The van der Waals surface area contributed by atoms with Gasteiger partial charge in [-0.25, -0.2) is 13.9 Å². The Bertz CT molecular complexity index is 1100. The lowest BCUT2D eigenvalue weighted by Gasteiger charge is -2.14. The van der Waals surface area contributed by atoms with Crippen LogP contribution in [0.3, 0.4) is 0 Å². The molecule has 0 aliphatic heterocycles. The van der Waals surface area contributed by atoms with Crippen molar-refractivity contribution in [1.82, 2.24) is 9.78 Å². The van der Waals surface area contributed by atoms with Gasteiger partial charge >= 0.3 is 12.0 Å². The zero-order valence-electron chi connectivity index (χ0n) is 18.6. The van der Waals surface area contributed by atoms with Crippen LogP contribution in [-0.4, -0.2) is 28.4 Å². The van der Waals surface area contributed by atoms with E-state index in [1.54, 1.807) is 29.8 Å². The molecule has 0 unspecified atom stereocenters. The molecule has 0 aliphatic rings. The summed E-state index contributed by atoms with van der Waals surface area (Å²) in [5.41, 5.74) is 2.11. The van der Waals surface area contributed by atoms with Gasteiger partial charge in [-0.1, -0.05) is 45.0 Å². The standard InChI is InChI=1S/C24H27FN4O3/c1-5-32-22(30)14-16-10-12-17(13-11-16)29-21(15-20(28-29)24(2,3)4)27-23(31)26-19-9-7-6-8-18(19)25/h6-13,15H,5,14H2,1-4H3,(H2,26,27,31). The van der Waals surface area contributed by atoms with Crippen molar-refractivity contribution < 1.29 is 18.7 Å². The van der Waals surface area contributed by atoms with Crippen molar-refractivity contribution in [2.75, 3.05) is 17.2 Å². The van der Waals surface area contributed by atoms with Gasteiger partial charge in [-0.05, 0) is 36.8 Å². The zero-order valence-corrected chi connectivity index (χ0v) is 18.6. The third-order valence-electron chi connectivity index (χ3n) is 4.68. The monoisotopic (exact) mass is 438 g/mol. The minimum Gasteiger partial charge on any atom is -0.466 e. The van der Waals surface area contributed by atoms with Crippen LogP contribution in [0.15, 0.2) is 54.6 Å². The molecule has 3 rings (SSSR count). The number of carbonyl (C=O) groups excluding carboxylic acids is 2. The van der Waals surface area contributed by atoms with Crippen molar-refractivity contribution in [3.05, 3.63) is 71.7 Å². The quantitative estimate of drug-likeness (QED) is 0.527. The van der Waals surface area contributed by atoms with E-state index in [4.69, 9.17) is 4.74 Å². The molecule has 168 valence electrons. The third kappa shape index (κ3) is 5.72. The van der Waals surface area contributed by atoms with Gasteiger partial charge in [0.2, 0.25) is 0 Å². The van der Waals surface area contributed by atoms with E-state index in [2.05, 4.69) is 15.7 Å². The van der Waals surface area contributed by atoms with Crippen molar-refractivity contribution in [3.8, 4) is 5.69 Å². The molecule has 8 heteroatoms. The number of amides is 2. The fraction of sp³-hybridized carbons (Fsp3) is 0.292. The Morgan fingerprint density at radius 2 is 1.75 bits per heavy atom. The Morgan fingerprint density at radius 1 is 1.06 bits per heavy atom. The van der Waals surface area contributed by atoms with Crippen LogP contribution in [0.25, 0.3) is 5.69 Å². The van der Waals surface area contributed by atoms with Crippen LogP contribution < -0.4 is 10.6 Å². The Labute approximate surface area is 186 Å². The summed E-state index contributed by atoms with van der Waals surface area (Å²) in [6, 6.07) is 14.4. The van der Waals surface area contributed by atoms with Gasteiger partial charge in [-0.3, -0.25) is 10.1 Å². The largest absolute Gasteiger partial charge is 0.466 e. The van der Waals surface area contributed by atoms with Gasteiger partial charge in [-0.15, -0.1) is 0 Å². The number of rotatable bonds is 6. The zero-order chi connectivity index (χ0) is 23.3. The number of hydrogen-bond donors (Lipinski definition) is 2. The molecular formula is C24H27FN4O3. The number of benzene rings is 2. The Kier molecular flexibility index (Phi) is 6.92. The molecule has 32 heavy (non-hydrogen) atoms. The van der Waals surface area contributed by atoms with Gasteiger partial charge < -0.3 is 10.1 Å². The lowest BCUT2D eigenvalue weighted by atomic mass is 9.92. The van der Waals surface area contributed by atoms with E-state index < -0.39 is 11.8 Å². The first-order chi connectivity index (χ1) is 15.2. The number of esters is 1. The van der Waals surface area contributed by atoms with Gasteiger partial charge in [0.15, 0.2) is 0 Å². The van der Waals surface area contributed by atoms with E-state index in [0.29, 0.717) is 18.1 Å². The minimum absolute atomic E-state index is 0.0791. The van der Waals surface area contributed by atoms with Gasteiger partial charge in [0, 0.05) is 11.5 Å². The highest BCUT2D eigenvalue weighted by molar-refractivity contribution is 5.99. The van der Waals surface area contributed by atoms with E-state index in [1.165, 1.54) is 12.1 Å². The van der Waals surface area contributed by atoms with Crippen LogP contribution in [0, 0.1) is 5.82 Å². The molecule has 1 aromatic heterocycles. The van der Waals surface area contributed by atoms with Crippen LogP contribution in [0.5, 0.6) is 0 Å². The highest BCUT2D eigenvalue weighted by Gasteiger charge is 2.22. The number of hydrogen-bond acceptors (Lipinski definition) is 4. The number of nitrogens with zero attached hydrogens (tertiary/aromatic N) is 2. The maximum Gasteiger partial charge on any atom is 0.324 e. The molecule has 2 aromatic carbocycles. The third-order valence-corrected chi connectivity index (χ3v) is 4.68. The molecule has 0 fully saturated rings. The molecule has 1 heterocycles. The Morgan fingerprint density at radius 3 is 2.38 bits per heavy atom. The lowest BCUT2D eigenvalue weighted by molar-refractivity contribution is -0.142. The van der Waals surface area contributed by atoms with Crippen molar-refractivity contribution in [2.45, 2.75) is 39.5 Å². The SMILES string of the molecule is CCOC(=O)Cc1ccc(-n2nc(C(C)(C)C)cc2NC(=O)Nc2ccccc2F)cc1. The van der Waals surface area contributed by atoms with Gasteiger partial charge in [0.1, 0.15) is 11.6 Å². The van der Waals surface area contributed by atoms with E-state index >= 15 is 0 Å². The van der Waals surface area contributed by atoms with Crippen LogP contribution in [0.1, 0.15) is 39.0 Å². The molecule has 0 spiro atoms. The molecule has 0 atom stereocenters. The summed E-state index contributed by atoms with van der Waals surface area (Å²) in [7, 11) is 0. The second-order valence-electron chi connectivity index (χ2n) is 8.28. The van der Waals surface area contributed by atoms with Crippen LogP contribution in [-0.2, 0) is 21.4 Å². The molecule has 2 amide bonds. The maximum atomic E-state index is 13.9. The first kappa shape index (κ1) is 23.0. The van der Waals surface area contributed by atoms with Crippen molar-refractivity contribution in [3.63, 3.8) is 0 Å².